The summed E-state index contributed by atoms with van der Waals surface area (Å²) in [7, 11) is -7.98. The van der Waals surface area contributed by atoms with Gasteiger partial charge in [0.1, 0.15) is 6.07 Å². The highest BCUT2D eigenvalue weighted by Gasteiger charge is 2.41. The molecule has 33 heavy (non-hydrogen) atoms. The van der Waals surface area contributed by atoms with Crippen molar-refractivity contribution in [2.75, 3.05) is 26.2 Å². The SMILES string of the molecule is Cc1ccc(-c2cc(S(=O)(=O)N3CC4CNCC4C3)ccc2S(N)(=O)=O)c2[nH]cc(C#N)c12. The number of aromatic amines is 1. The van der Waals surface area contributed by atoms with Crippen molar-refractivity contribution in [3.8, 4) is 17.2 Å². The molecule has 3 heterocycles. The third kappa shape index (κ3) is 3.55. The van der Waals surface area contributed by atoms with Gasteiger partial charge in [0.05, 0.1) is 20.9 Å². The van der Waals surface area contributed by atoms with Crippen LogP contribution in [0.5, 0.6) is 0 Å². The van der Waals surface area contributed by atoms with Gasteiger partial charge in [0.15, 0.2) is 0 Å². The van der Waals surface area contributed by atoms with Crippen molar-refractivity contribution in [1.29, 1.82) is 5.26 Å². The van der Waals surface area contributed by atoms with Crippen LogP contribution >= 0.6 is 0 Å². The maximum atomic E-state index is 13.5. The van der Waals surface area contributed by atoms with E-state index in [1.54, 1.807) is 18.3 Å². The third-order valence-corrected chi connectivity index (χ3v) is 9.50. The van der Waals surface area contributed by atoms with E-state index in [0.717, 1.165) is 18.7 Å². The Bertz CT molecular complexity index is 1520. The molecule has 2 aromatic carbocycles. The second kappa shape index (κ2) is 7.65. The number of rotatable bonds is 4. The first kappa shape index (κ1) is 22.1. The average Bonchev–Trinajstić information content (AvgIpc) is 3.48. The monoisotopic (exact) mass is 485 g/mol. The van der Waals surface area contributed by atoms with Crippen molar-refractivity contribution < 1.29 is 16.8 Å². The molecule has 9 nitrogen and oxygen atoms in total. The number of H-pyrrole nitrogens is 1. The van der Waals surface area contributed by atoms with E-state index in [-0.39, 0.29) is 27.2 Å². The zero-order valence-electron chi connectivity index (χ0n) is 17.9. The Morgan fingerprint density at radius 2 is 1.76 bits per heavy atom. The molecular weight excluding hydrogens is 462 g/mol. The summed E-state index contributed by atoms with van der Waals surface area (Å²) in [5.41, 5.74) is 2.44. The lowest BCUT2D eigenvalue weighted by molar-refractivity contribution is 0.448. The van der Waals surface area contributed by atoms with Gasteiger partial charge in [-0.15, -0.1) is 0 Å². The molecule has 0 bridgehead atoms. The van der Waals surface area contributed by atoms with Crippen LogP contribution in [0.4, 0.5) is 0 Å². The second-order valence-corrected chi connectivity index (χ2v) is 12.2. The van der Waals surface area contributed by atoms with Crippen molar-refractivity contribution in [2.45, 2.75) is 16.7 Å². The van der Waals surface area contributed by atoms with Crippen LogP contribution in [-0.2, 0) is 20.0 Å². The summed E-state index contributed by atoms with van der Waals surface area (Å²) in [5, 5.41) is 18.9. The smallest absolute Gasteiger partial charge is 0.243 e. The van der Waals surface area contributed by atoms with Crippen molar-refractivity contribution >= 4 is 30.9 Å². The number of aryl methyl sites for hydroxylation is 1. The zero-order chi connectivity index (χ0) is 23.5. The number of aromatic nitrogens is 1. The fraction of sp³-hybridized carbons (Fsp3) is 0.318. The van der Waals surface area contributed by atoms with Crippen LogP contribution in [0.2, 0.25) is 0 Å². The topological polar surface area (TPSA) is 149 Å². The molecule has 5 rings (SSSR count). The Hall–Kier alpha value is -2.75. The first-order valence-electron chi connectivity index (χ1n) is 10.5. The molecule has 2 saturated heterocycles. The molecule has 172 valence electrons. The van der Waals surface area contributed by atoms with Crippen LogP contribution in [0.25, 0.3) is 22.0 Å². The number of nitriles is 1. The second-order valence-electron chi connectivity index (χ2n) is 8.70. The Labute approximate surface area is 192 Å². The fourth-order valence-corrected chi connectivity index (χ4v) is 7.33. The molecular formula is C22H23N5O4S2. The van der Waals surface area contributed by atoms with Crippen molar-refractivity contribution in [3.63, 3.8) is 0 Å². The molecule has 4 N–H and O–H groups in total. The molecule has 0 saturated carbocycles. The minimum absolute atomic E-state index is 0.0126. The van der Waals surface area contributed by atoms with Gasteiger partial charge >= 0.3 is 0 Å². The first-order valence-corrected chi connectivity index (χ1v) is 13.5. The molecule has 1 aromatic heterocycles. The number of fused-ring (bicyclic) bond motifs is 2. The molecule has 2 aliphatic heterocycles. The van der Waals surface area contributed by atoms with Gasteiger partial charge in [-0.05, 0) is 55.6 Å². The summed E-state index contributed by atoms with van der Waals surface area (Å²) in [6.07, 6.45) is 1.55. The van der Waals surface area contributed by atoms with Crippen LogP contribution in [0, 0.1) is 30.1 Å². The van der Waals surface area contributed by atoms with Gasteiger partial charge in [-0.3, -0.25) is 0 Å². The van der Waals surface area contributed by atoms with Gasteiger partial charge in [-0.1, -0.05) is 12.1 Å². The van der Waals surface area contributed by atoms with Gasteiger partial charge in [-0.2, -0.15) is 9.57 Å². The normalized spacial score (nSPS) is 21.4. The minimum atomic E-state index is -4.15. The number of hydrogen-bond acceptors (Lipinski definition) is 6. The lowest BCUT2D eigenvalue weighted by atomic mass is 9.99. The highest BCUT2D eigenvalue weighted by molar-refractivity contribution is 7.89. The Morgan fingerprint density at radius 1 is 1.06 bits per heavy atom. The summed E-state index contributed by atoms with van der Waals surface area (Å²) in [6, 6.07) is 9.52. The number of primary sulfonamides is 1. The van der Waals surface area contributed by atoms with Gasteiger partial charge in [0.25, 0.3) is 0 Å². The van der Waals surface area contributed by atoms with Crippen LogP contribution in [-0.4, -0.2) is 52.3 Å². The number of benzene rings is 2. The van der Waals surface area contributed by atoms with Crippen LogP contribution in [0.3, 0.4) is 0 Å². The maximum absolute atomic E-state index is 13.5. The fourth-order valence-electron chi connectivity index (χ4n) is 5.02. The number of nitrogens with zero attached hydrogens (tertiary/aromatic N) is 2. The van der Waals surface area contributed by atoms with Gasteiger partial charge in [0.2, 0.25) is 20.0 Å². The molecule has 0 spiro atoms. The third-order valence-electron chi connectivity index (χ3n) is 6.71. The lowest BCUT2D eigenvalue weighted by Crippen LogP contribution is -2.32. The molecule has 3 aromatic rings. The number of hydrogen-bond donors (Lipinski definition) is 3. The average molecular weight is 486 g/mol. The lowest BCUT2D eigenvalue weighted by Gasteiger charge is -2.19. The van der Waals surface area contributed by atoms with E-state index in [9.17, 15) is 22.1 Å². The van der Waals surface area contributed by atoms with E-state index in [4.69, 9.17) is 5.14 Å². The van der Waals surface area contributed by atoms with Crippen molar-refractivity contribution in [1.82, 2.24) is 14.6 Å². The molecule has 0 radical (unpaired) electrons. The van der Waals surface area contributed by atoms with E-state index in [1.165, 1.54) is 22.5 Å². The molecule has 2 unspecified atom stereocenters. The van der Waals surface area contributed by atoms with E-state index in [1.807, 2.05) is 6.92 Å². The molecule has 2 aliphatic rings. The molecule has 2 atom stereocenters. The van der Waals surface area contributed by atoms with Crippen molar-refractivity contribution in [3.05, 3.63) is 47.7 Å². The quantitative estimate of drug-likeness (QED) is 0.510. The number of sulfonamides is 2. The summed E-state index contributed by atoms with van der Waals surface area (Å²) in [5.74, 6) is 0.561. The van der Waals surface area contributed by atoms with Crippen LogP contribution < -0.4 is 10.5 Å². The molecule has 2 fully saturated rings. The predicted octanol–water partition coefficient (Wildman–Crippen LogP) is 1.50. The number of nitrogens with one attached hydrogen (secondary N) is 2. The van der Waals surface area contributed by atoms with E-state index >= 15 is 0 Å². The standard InChI is InChI=1S/C22H23N5O4S2/c1-13-2-4-18(22-21(13)14(7-23)10-26-22)19-6-17(3-5-20(19)32(24,28)29)33(30,31)27-11-15-8-25-9-16(15)12-27/h2-6,10,15-16,25-26H,8-9,11-12H2,1H3,(H2,24,28,29). The summed E-state index contributed by atoms with van der Waals surface area (Å²) in [6.45, 7) is 4.30. The van der Waals surface area contributed by atoms with Gasteiger partial charge in [-0.25, -0.2) is 22.0 Å². The van der Waals surface area contributed by atoms with E-state index in [0.29, 0.717) is 35.1 Å². The molecule has 0 amide bonds. The van der Waals surface area contributed by atoms with Crippen LogP contribution in [0.1, 0.15) is 11.1 Å². The maximum Gasteiger partial charge on any atom is 0.243 e. The Morgan fingerprint density at radius 3 is 2.39 bits per heavy atom. The molecule has 11 heteroatoms. The van der Waals surface area contributed by atoms with Gasteiger partial charge < -0.3 is 10.3 Å². The summed E-state index contributed by atoms with van der Waals surface area (Å²) < 4.78 is 53.2. The van der Waals surface area contributed by atoms with Crippen LogP contribution in [0.15, 0.2) is 46.3 Å². The highest BCUT2D eigenvalue weighted by Crippen LogP contribution is 2.38. The summed E-state index contributed by atoms with van der Waals surface area (Å²) >= 11 is 0. The number of nitrogens with two attached hydrogens (primary N) is 1. The first-order chi connectivity index (χ1) is 15.6. The predicted molar refractivity (Wildman–Crippen MR) is 123 cm³/mol. The van der Waals surface area contributed by atoms with E-state index < -0.39 is 20.0 Å². The summed E-state index contributed by atoms with van der Waals surface area (Å²) in [4.78, 5) is 2.87. The molecule has 0 aliphatic carbocycles. The Balaban J connectivity index is 1.69. The Kier molecular flexibility index (Phi) is 5.11. The zero-order valence-corrected chi connectivity index (χ0v) is 19.5. The van der Waals surface area contributed by atoms with Gasteiger partial charge in [0, 0.05) is 35.8 Å². The van der Waals surface area contributed by atoms with Crippen molar-refractivity contribution in [2.24, 2.45) is 17.0 Å². The minimum Gasteiger partial charge on any atom is -0.359 e. The van der Waals surface area contributed by atoms with E-state index in [2.05, 4.69) is 16.4 Å². The highest BCUT2D eigenvalue weighted by atomic mass is 32.2. The largest absolute Gasteiger partial charge is 0.359 e.